The molecule has 2 N–H and O–H groups in total. The van der Waals surface area contributed by atoms with E-state index in [1.165, 1.54) is 11.3 Å². The van der Waals surface area contributed by atoms with Crippen LogP contribution in [0.15, 0.2) is 42.6 Å². The molecule has 1 aromatic heterocycles. The van der Waals surface area contributed by atoms with Crippen molar-refractivity contribution in [2.45, 2.75) is 13.2 Å². The van der Waals surface area contributed by atoms with Crippen molar-refractivity contribution >= 4 is 11.9 Å². The second-order valence-corrected chi connectivity index (χ2v) is 4.13. The number of hydrogen-bond donors (Lipinski definition) is 2. The zero-order valence-corrected chi connectivity index (χ0v) is 10.5. The lowest BCUT2D eigenvalue weighted by Gasteiger charge is -2.04. The Labute approximate surface area is 114 Å². The van der Waals surface area contributed by atoms with Gasteiger partial charge in [-0.1, -0.05) is 18.2 Å². The van der Waals surface area contributed by atoms with Crippen molar-refractivity contribution in [3.05, 3.63) is 53.9 Å². The third kappa shape index (κ3) is 3.17. The third-order valence-electron chi connectivity index (χ3n) is 2.80. The van der Waals surface area contributed by atoms with Crippen LogP contribution in [0, 0.1) is 0 Å². The summed E-state index contributed by atoms with van der Waals surface area (Å²) in [4.78, 5) is 18.2. The second-order valence-electron chi connectivity index (χ2n) is 4.13. The molecule has 0 unspecified atom stereocenters. The molecule has 20 heavy (non-hydrogen) atoms. The lowest BCUT2D eigenvalue weighted by Crippen LogP contribution is -2.09. The first-order chi connectivity index (χ1) is 9.58. The fourth-order valence-electron chi connectivity index (χ4n) is 1.85. The molecular formula is C14H13NO5. The Bertz CT molecular complexity index is 620. The maximum Gasteiger partial charge on any atom is 0.414 e. The minimum atomic E-state index is -1.82. The maximum absolute atomic E-state index is 9.10. The van der Waals surface area contributed by atoms with Crippen molar-refractivity contribution in [1.82, 2.24) is 4.57 Å². The molecule has 6 heteroatoms. The van der Waals surface area contributed by atoms with Gasteiger partial charge in [0, 0.05) is 11.8 Å². The molecule has 6 nitrogen and oxygen atoms in total. The van der Waals surface area contributed by atoms with E-state index in [1.807, 2.05) is 12.1 Å². The first-order valence-corrected chi connectivity index (χ1v) is 5.89. The van der Waals surface area contributed by atoms with Gasteiger partial charge in [-0.05, 0) is 18.2 Å². The van der Waals surface area contributed by atoms with Gasteiger partial charge in [-0.3, -0.25) is 0 Å². The number of para-hydroxylation sites is 1. The molecule has 2 aromatic rings. The van der Waals surface area contributed by atoms with Crippen LogP contribution in [0.1, 0.15) is 11.3 Å². The number of carbonyl (C=O) groups is 2. The molecule has 0 atom stereocenters. The molecule has 0 aliphatic carbocycles. The Morgan fingerprint density at radius 3 is 2.45 bits per heavy atom. The normalized spacial score (nSPS) is 11.8. The summed E-state index contributed by atoms with van der Waals surface area (Å²) >= 11 is 0. The smallest absolute Gasteiger partial charge is 0.414 e. The van der Waals surface area contributed by atoms with Gasteiger partial charge in [-0.25, -0.2) is 9.59 Å². The Hall–Kier alpha value is -2.76. The third-order valence-corrected chi connectivity index (χ3v) is 2.80. The number of ether oxygens (including phenoxy) is 1. The summed E-state index contributed by atoms with van der Waals surface area (Å²) in [6, 6.07) is 12.4. The first kappa shape index (κ1) is 13.7. The van der Waals surface area contributed by atoms with Crippen LogP contribution < -0.4 is 4.74 Å². The van der Waals surface area contributed by atoms with Crippen LogP contribution in [0.5, 0.6) is 5.75 Å². The van der Waals surface area contributed by atoms with E-state index in [9.17, 15) is 0 Å². The molecule has 1 aliphatic rings. The van der Waals surface area contributed by atoms with Crippen molar-refractivity contribution in [3.63, 3.8) is 0 Å². The van der Waals surface area contributed by atoms with Crippen LogP contribution >= 0.6 is 0 Å². The van der Waals surface area contributed by atoms with Crippen LogP contribution in [0.25, 0.3) is 0 Å². The van der Waals surface area contributed by atoms with E-state index in [2.05, 4.69) is 35.0 Å². The summed E-state index contributed by atoms with van der Waals surface area (Å²) in [6.07, 6.45) is 2.10. The number of benzene rings is 1. The summed E-state index contributed by atoms with van der Waals surface area (Å²) in [5.41, 5.74) is 2.49. The Kier molecular flexibility index (Phi) is 4.05. The number of aromatic nitrogens is 1. The summed E-state index contributed by atoms with van der Waals surface area (Å²) in [6.45, 7) is 1.59. The van der Waals surface area contributed by atoms with E-state index in [0.717, 1.165) is 12.3 Å². The highest BCUT2D eigenvalue weighted by atomic mass is 16.5. The van der Waals surface area contributed by atoms with Gasteiger partial charge in [0.1, 0.15) is 12.4 Å². The highest BCUT2D eigenvalue weighted by molar-refractivity contribution is 6.27. The molecule has 0 amide bonds. The van der Waals surface area contributed by atoms with Crippen molar-refractivity contribution in [1.29, 1.82) is 0 Å². The van der Waals surface area contributed by atoms with Gasteiger partial charge in [0.15, 0.2) is 0 Å². The molecule has 0 saturated heterocycles. The quantitative estimate of drug-likeness (QED) is 0.713. The molecule has 3 rings (SSSR count). The number of fused-ring (bicyclic) bond motifs is 2. The molecule has 0 fully saturated rings. The van der Waals surface area contributed by atoms with Crippen LogP contribution in [0.3, 0.4) is 0 Å². The Morgan fingerprint density at radius 2 is 1.75 bits per heavy atom. The molecule has 0 radical (unpaired) electrons. The minimum absolute atomic E-state index is 0.671. The lowest BCUT2D eigenvalue weighted by molar-refractivity contribution is -0.159. The van der Waals surface area contributed by atoms with Crippen LogP contribution in [0.4, 0.5) is 0 Å². The van der Waals surface area contributed by atoms with Crippen molar-refractivity contribution in [2.75, 3.05) is 0 Å². The highest BCUT2D eigenvalue weighted by Crippen LogP contribution is 2.24. The van der Waals surface area contributed by atoms with Gasteiger partial charge in [0.05, 0.1) is 12.2 Å². The largest absolute Gasteiger partial charge is 0.487 e. The van der Waals surface area contributed by atoms with Crippen LogP contribution in [-0.2, 0) is 22.7 Å². The average molecular weight is 275 g/mol. The van der Waals surface area contributed by atoms with Crippen molar-refractivity contribution < 1.29 is 24.5 Å². The van der Waals surface area contributed by atoms with E-state index in [0.29, 0.717) is 6.61 Å². The van der Waals surface area contributed by atoms with Gasteiger partial charge in [-0.15, -0.1) is 0 Å². The molecule has 2 heterocycles. The Morgan fingerprint density at radius 1 is 1.05 bits per heavy atom. The topological polar surface area (TPSA) is 88.8 Å². The summed E-state index contributed by atoms with van der Waals surface area (Å²) in [5.74, 6) is -2.64. The zero-order chi connectivity index (χ0) is 14.5. The monoisotopic (exact) mass is 275 g/mol. The van der Waals surface area contributed by atoms with E-state index in [-0.39, 0.29) is 0 Å². The number of nitrogens with zero attached hydrogens (tertiary/aromatic N) is 1. The van der Waals surface area contributed by atoms with Gasteiger partial charge in [0.2, 0.25) is 0 Å². The molecule has 0 bridgehead atoms. The lowest BCUT2D eigenvalue weighted by atomic mass is 10.2. The van der Waals surface area contributed by atoms with E-state index < -0.39 is 11.9 Å². The van der Waals surface area contributed by atoms with Gasteiger partial charge < -0.3 is 19.5 Å². The number of carboxylic acids is 2. The molecule has 104 valence electrons. The minimum Gasteiger partial charge on any atom is -0.487 e. The van der Waals surface area contributed by atoms with Gasteiger partial charge in [-0.2, -0.15) is 0 Å². The molecule has 1 aliphatic heterocycles. The standard InChI is InChI=1S/C12H11NO.C2H2O4/c1-2-6-12-10(4-1)8-13-7-3-5-11(13)9-14-12;3-1(4)2(5)6/h1-7H,8-9H2;(H,3,4)(H,5,6). The average Bonchev–Trinajstić information content (AvgIpc) is 2.78. The Balaban J connectivity index is 0.000000212. The SMILES string of the molecule is O=C(O)C(=O)O.c1ccc2c(c1)Cn1cccc1CO2. The first-order valence-electron chi connectivity index (χ1n) is 5.89. The zero-order valence-electron chi connectivity index (χ0n) is 10.5. The molecule has 1 aromatic carbocycles. The van der Waals surface area contributed by atoms with Crippen LogP contribution in [-0.4, -0.2) is 26.7 Å². The summed E-state index contributed by atoms with van der Waals surface area (Å²) < 4.78 is 7.94. The molecule has 0 saturated carbocycles. The number of carboxylic acid groups (broad SMARTS) is 2. The van der Waals surface area contributed by atoms with E-state index >= 15 is 0 Å². The summed E-state index contributed by atoms with van der Waals surface area (Å²) in [7, 11) is 0. The predicted octanol–water partition coefficient (Wildman–Crippen LogP) is 1.58. The molecule has 0 spiro atoms. The van der Waals surface area contributed by atoms with Crippen LogP contribution in [0.2, 0.25) is 0 Å². The van der Waals surface area contributed by atoms with E-state index in [1.54, 1.807) is 0 Å². The van der Waals surface area contributed by atoms with Gasteiger partial charge >= 0.3 is 11.9 Å². The number of rotatable bonds is 0. The fraction of sp³-hybridized carbons (Fsp3) is 0.143. The maximum atomic E-state index is 9.10. The van der Waals surface area contributed by atoms with Crippen molar-refractivity contribution in [3.8, 4) is 5.75 Å². The second kappa shape index (κ2) is 5.92. The predicted molar refractivity (Wildman–Crippen MR) is 69.6 cm³/mol. The highest BCUT2D eigenvalue weighted by Gasteiger charge is 2.11. The van der Waals surface area contributed by atoms with Crippen molar-refractivity contribution in [2.24, 2.45) is 0 Å². The fourth-order valence-corrected chi connectivity index (χ4v) is 1.85. The summed E-state index contributed by atoms with van der Waals surface area (Å²) in [5, 5.41) is 14.8. The van der Waals surface area contributed by atoms with Gasteiger partial charge in [0.25, 0.3) is 0 Å². The number of aliphatic carboxylic acids is 2. The molecular weight excluding hydrogens is 262 g/mol. The van der Waals surface area contributed by atoms with E-state index in [4.69, 9.17) is 24.5 Å². The number of hydrogen-bond acceptors (Lipinski definition) is 3.